The summed E-state index contributed by atoms with van der Waals surface area (Å²) in [6.07, 6.45) is 9.53. The number of nitrogens with two attached hydrogens (primary N) is 1. The average Bonchev–Trinajstić information content (AvgIpc) is 3.20. The van der Waals surface area contributed by atoms with Gasteiger partial charge in [-0.2, -0.15) is 0 Å². The summed E-state index contributed by atoms with van der Waals surface area (Å²) in [7, 11) is 0. The molecule has 1 saturated heterocycles. The van der Waals surface area contributed by atoms with E-state index >= 15 is 0 Å². The number of piperidine rings is 1. The number of likely N-dealkylation sites (tertiary alicyclic amines) is 1. The summed E-state index contributed by atoms with van der Waals surface area (Å²) in [4.78, 5) is 28.3. The fraction of sp³-hybridized carbons (Fsp3) is 0.700. The van der Waals surface area contributed by atoms with Crippen molar-refractivity contribution in [1.82, 2.24) is 4.90 Å². The first-order valence-electron chi connectivity index (χ1n) is 10.0. The van der Waals surface area contributed by atoms with Crippen LogP contribution in [0.5, 0.6) is 0 Å². The largest absolute Gasteiger partial charge is 0.365 e. The number of amides is 2. The van der Waals surface area contributed by atoms with Crippen LogP contribution in [0.1, 0.15) is 66.2 Å². The highest BCUT2D eigenvalue weighted by atomic mass is 32.1. The van der Waals surface area contributed by atoms with Crippen LogP contribution in [0.15, 0.2) is 0 Å². The van der Waals surface area contributed by atoms with Crippen molar-refractivity contribution in [2.75, 3.05) is 18.4 Å². The van der Waals surface area contributed by atoms with Gasteiger partial charge in [0.1, 0.15) is 5.00 Å². The second kappa shape index (κ2) is 7.31. The molecule has 2 aliphatic carbocycles. The molecule has 2 amide bonds. The molecule has 1 aliphatic heterocycles. The first-order valence-corrected chi connectivity index (χ1v) is 10.9. The minimum atomic E-state index is -0.421. The summed E-state index contributed by atoms with van der Waals surface area (Å²) < 4.78 is 0. The fourth-order valence-electron chi connectivity index (χ4n) is 5.12. The number of carbonyl (C=O) groups is 2. The number of aryl methyl sites for hydroxylation is 1. The third kappa shape index (κ3) is 3.29. The summed E-state index contributed by atoms with van der Waals surface area (Å²) in [5.74, 6) is 1.17. The highest BCUT2D eigenvalue weighted by Gasteiger charge is 2.35. The summed E-state index contributed by atoms with van der Waals surface area (Å²) in [6, 6.07) is -0.171. The van der Waals surface area contributed by atoms with Gasteiger partial charge in [0, 0.05) is 11.4 Å². The number of anilines is 1. The molecule has 0 aromatic carbocycles. The minimum absolute atomic E-state index is 0.0123. The Labute approximate surface area is 159 Å². The van der Waals surface area contributed by atoms with E-state index in [-0.39, 0.29) is 11.9 Å². The summed E-state index contributed by atoms with van der Waals surface area (Å²) >= 11 is 1.54. The van der Waals surface area contributed by atoms with E-state index in [1.807, 2.05) is 6.92 Å². The van der Waals surface area contributed by atoms with Gasteiger partial charge in [-0.1, -0.05) is 19.3 Å². The van der Waals surface area contributed by atoms with E-state index in [9.17, 15) is 9.59 Å². The molecule has 0 radical (unpaired) electrons. The highest BCUT2D eigenvalue weighted by molar-refractivity contribution is 7.17. The predicted octanol–water partition coefficient (Wildman–Crippen LogP) is 3.17. The third-order valence-electron chi connectivity index (χ3n) is 6.65. The lowest BCUT2D eigenvalue weighted by Gasteiger charge is -2.43. The molecule has 142 valence electrons. The smallest absolute Gasteiger partial charge is 0.251 e. The molecule has 6 heteroatoms. The van der Waals surface area contributed by atoms with Gasteiger partial charge in [-0.3, -0.25) is 14.5 Å². The Morgan fingerprint density at radius 1 is 1.15 bits per heavy atom. The first kappa shape index (κ1) is 18.0. The fourth-order valence-corrected chi connectivity index (χ4v) is 6.41. The van der Waals surface area contributed by atoms with E-state index in [1.54, 1.807) is 0 Å². The molecule has 3 N–H and O–H groups in total. The molecule has 0 bridgehead atoms. The Morgan fingerprint density at radius 3 is 2.69 bits per heavy atom. The Kier molecular flexibility index (Phi) is 5.06. The van der Waals surface area contributed by atoms with E-state index in [4.69, 9.17) is 5.73 Å². The van der Waals surface area contributed by atoms with Crippen molar-refractivity contribution in [1.29, 1.82) is 0 Å². The molecule has 5 nitrogen and oxygen atoms in total. The predicted molar refractivity (Wildman–Crippen MR) is 105 cm³/mol. The quantitative estimate of drug-likeness (QED) is 0.849. The van der Waals surface area contributed by atoms with Crippen LogP contribution in [0.25, 0.3) is 0 Å². The number of hydrogen-bond acceptors (Lipinski definition) is 4. The van der Waals surface area contributed by atoms with Gasteiger partial charge in [0.05, 0.1) is 11.6 Å². The van der Waals surface area contributed by atoms with Crippen molar-refractivity contribution >= 4 is 28.2 Å². The number of nitrogens with one attached hydrogen (secondary N) is 1. The van der Waals surface area contributed by atoms with Gasteiger partial charge >= 0.3 is 0 Å². The van der Waals surface area contributed by atoms with Crippen LogP contribution in [0.4, 0.5) is 5.00 Å². The van der Waals surface area contributed by atoms with Gasteiger partial charge in [-0.25, -0.2) is 0 Å². The minimum Gasteiger partial charge on any atom is -0.365 e. The zero-order chi connectivity index (χ0) is 18.3. The number of rotatable bonds is 4. The third-order valence-corrected chi connectivity index (χ3v) is 7.86. The van der Waals surface area contributed by atoms with Gasteiger partial charge in [-0.05, 0) is 63.0 Å². The number of fused-ring (bicyclic) bond motifs is 2. The van der Waals surface area contributed by atoms with E-state index in [0.717, 1.165) is 49.8 Å². The van der Waals surface area contributed by atoms with Crippen molar-refractivity contribution in [3.05, 3.63) is 16.0 Å². The zero-order valence-electron chi connectivity index (χ0n) is 15.6. The van der Waals surface area contributed by atoms with Crippen molar-refractivity contribution in [3.8, 4) is 0 Å². The number of hydrogen-bond donors (Lipinski definition) is 2. The number of carbonyl (C=O) groups excluding carboxylic acids is 2. The summed E-state index contributed by atoms with van der Waals surface area (Å²) in [5, 5.41) is 3.69. The Balaban J connectivity index is 1.44. The first-order chi connectivity index (χ1) is 12.5. The topological polar surface area (TPSA) is 75.4 Å². The van der Waals surface area contributed by atoms with Crippen LogP contribution in [0, 0.1) is 11.8 Å². The van der Waals surface area contributed by atoms with Crippen LogP contribution >= 0.6 is 11.3 Å². The summed E-state index contributed by atoms with van der Waals surface area (Å²) in [6.45, 7) is 4.02. The molecule has 2 fully saturated rings. The maximum Gasteiger partial charge on any atom is 0.251 e. The van der Waals surface area contributed by atoms with E-state index < -0.39 is 5.91 Å². The molecule has 3 aliphatic rings. The van der Waals surface area contributed by atoms with Gasteiger partial charge in [0.2, 0.25) is 5.91 Å². The Morgan fingerprint density at radius 2 is 1.92 bits per heavy atom. The van der Waals surface area contributed by atoms with E-state index in [2.05, 4.69) is 10.2 Å². The number of primary amides is 1. The second-order valence-electron chi connectivity index (χ2n) is 8.18. The lowest BCUT2D eigenvalue weighted by Crippen LogP contribution is -2.50. The van der Waals surface area contributed by atoms with Gasteiger partial charge in [-0.15, -0.1) is 11.3 Å². The van der Waals surface area contributed by atoms with Crippen LogP contribution < -0.4 is 11.1 Å². The SMILES string of the molecule is C[C@H](C(=O)Nc1sc2c(c1C(N)=O)CCC2)N1CC[C@@H]2CCCC[C@@H]2C1. The van der Waals surface area contributed by atoms with Crippen LogP contribution in [0.2, 0.25) is 0 Å². The lowest BCUT2D eigenvalue weighted by atomic mass is 9.75. The molecule has 0 spiro atoms. The van der Waals surface area contributed by atoms with Crippen molar-refractivity contribution in [3.63, 3.8) is 0 Å². The molecule has 1 aromatic rings. The van der Waals surface area contributed by atoms with Gasteiger partial charge < -0.3 is 11.1 Å². The van der Waals surface area contributed by atoms with Crippen molar-refractivity contribution < 1.29 is 9.59 Å². The molecule has 1 aromatic heterocycles. The standard InChI is InChI=1S/C20H29N3O2S/c1-12(23-10-9-13-5-2-3-6-14(13)11-23)19(25)22-20-17(18(21)24)15-7-4-8-16(15)26-20/h12-14H,2-11H2,1H3,(H2,21,24)(H,22,25)/t12-,13+,14-/m1/s1. The van der Waals surface area contributed by atoms with Gasteiger partial charge in [0.15, 0.2) is 0 Å². The zero-order valence-corrected chi connectivity index (χ0v) is 16.4. The van der Waals surface area contributed by atoms with Crippen LogP contribution in [0.3, 0.4) is 0 Å². The molecule has 3 atom stereocenters. The molecule has 4 rings (SSSR count). The second-order valence-corrected chi connectivity index (χ2v) is 9.28. The highest BCUT2D eigenvalue weighted by Crippen LogP contribution is 2.39. The number of nitrogens with zero attached hydrogens (tertiary/aromatic N) is 1. The maximum atomic E-state index is 12.9. The normalized spacial score (nSPS) is 26.8. The average molecular weight is 376 g/mol. The Hall–Kier alpha value is -1.40. The maximum absolute atomic E-state index is 12.9. The number of thiophene rings is 1. The van der Waals surface area contributed by atoms with Gasteiger partial charge in [0.25, 0.3) is 5.91 Å². The Bertz CT molecular complexity index is 714. The molecule has 26 heavy (non-hydrogen) atoms. The van der Waals surface area contributed by atoms with Crippen LogP contribution in [-0.4, -0.2) is 35.8 Å². The molecule has 0 unspecified atom stereocenters. The van der Waals surface area contributed by atoms with E-state index in [0.29, 0.717) is 10.6 Å². The van der Waals surface area contributed by atoms with Crippen molar-refractivity contribution in [2.45, 2.75) is 64.3 Å². The molecular weight excluding hydrogens is 346 g/mol. The van der Waals surface area contributed by atoms with Crippen LogP contribution in [-0.2, 0) is 17.6 Å². The lowest BCUT2D eigenvalue weighted by molar-refractivity contribution is -0.121. The molecule has 1 saturated carbocycles. The monoisotopic (exact) mass is 375 g/mol. The molecule has 2 heterocycles. The summed E-state index contributed by atoms with van der Waals surface area (Å²) in [5.41, 5.74) is 7.22. The van der Waals surface area contributed by atoms with Crippen molar-refractivity contribution in [2.24, 2.45) is 17.6 Å². The molecular formula is C20H29N3O2S. The van der Waals surface area contributed by atoms with E-state index in [1.165, 1.54) is 48.3 Å².